The maximum atomic E-state index is 14.6. The molecule has 1 aliphatic carbocycles. The number of hydrogen-bond donors (Lipinski definition) is 5. The van der Waals surface area contributed by atoms with Crippen molar-refractivity contribution in [2.75, 3.05) is 53.3 Å². The molecular formula is C59H87N9O10. The highest BCUT2D eigenvalue weighted by Gasteiger charge is 2.49. The predicted octanol–water partition coefficient (Wildman–Crippen LogP) is 5.18. The number of nitrogens with zero attached hydrogens (tertiary/aromatic N) is 4. The van der Waals surface area contributed by atoms with Crippen LogP contribution in [0.4, 0.5) is 10.5 Å². The van der Waals surface area contributed by atoms with E-state index in [0.717, 1.165) is 49.7 Å². The highest BCUT2D eigenvalue weighted by Crippen LogP contribution is 2.41. The van der Waals surface area contributed by atoms with Gasteiger partial charge in [0, 0.05) is 77.7 Å². The number of carbonyl (C=O) groups is 8. The summed E-state index contributed by atoms with van der Waals surface area (Å²) in [6.45, 7) is 11.3. The van der Waals surface area contributed by atoms with Gasteiger partial charge in [0.25, 0.3) is 11.8 Å². The molecule has 6 rings (SSSR count). The molecule has 19 nitrogen and oxygen atoms in total. The summed E-state index contributed by atoms with van der Waals surface area (Å²) in [6.07, 6.45) is 9.61. The number of rotatable bonds is 29. The summed E-state index contributed by atoms with van der Waals surface area (Å²) in [4.78, 5) is 114. The van der Waals surface area contributed by atoms with Crippen molar-refractivity contribution in [3.05, 3.63) is 77.9 Å². The molecule has 0 radical (unpaired) electrons. The zero-order chi connectivity index (χ0) is 56.6. The Morgan fingerprint density at radius 1 is 0.795 bits per heavy atom. The van der Waals surface area contributed by atoms with E-state index in [9.17, 15) is 38.4 Å². The van der Waals surface area contributed by atoms with Crippen LogP contribution in [0.1, 0.15) is 116 Å². The molecule has 2 aromatic rings. The Balaban J connectivity index is 1.02. The second kappa shape index (κ2) is 29.2. The standard InChI is InChI=1S/C59H87N9O10/c1-10-38(4)52(66(7)58(75)51(37(2)3)64-57(74)53-42-24-27-44(34-42)65(53)6)47(77-8)35-50(71)67-32-18-21-46(67)54(78-9)39(5)55(72)63-45(33-40-19-14-13-15-20-40)56(73)62-43-25-22-41(23-26-43)36-61-59(76)60-30-16-11-12-17-31-68-48(69)28-29-49(68)70/h13-15,19-20,22-23,25-26,28-29,37-39,42,44-47,51-54H,10-12,16-18,21,24,27,30-36H2,1-9H3,(H,62,73)(H,63,72)(H,64,74)(H2,60,61,76)/t38-,39+,42-,44+,45-,46-,47+,51-,52-,53-,54+/m0/s1. The summed E-state index contributed by atoms with van der Waals surface area (Å²) in [7, 11) is 6.83. The molecule has 19 heteroatoms. The van der Waals surface area contributed by atoms with Crippen molar-refractivity contribution < 1.29 is 47.8 Å². The first-order chi connectivity index (χ1) is 37.4. The number of likely N-dealkylation sites (N-methyl/N-ethyl adjacent to an activating group) is 2. The Hall–Kier alpha value is -6.18. The van der Waals surface area contributed by atoms with E-state index < -0.39 is 54.1 Å². The van der Waals surface area contributed by atoms with E-state index in [1.54, 1.807) is 55.1 Å². The number of amides is 9. The van der Waals surface area contributed by atoms with Crippen LogP contribution >= 0.6 is 0 Å². The van der Waals surface area contributed by atoms with Gasteiger partial charge >= 0.3 is 6.03 Å². The molecule has 2 aromatic carbocycles. The molecule has 0 aromatic heterocycles. The third-order valence-electron chi connectivity index (χ3n) is 16.7. The van der Waals surface area contributed by atoms with Gasteiger partial charge in [-0.25, -0.2) is 4.79 Å². The minimum Gasteiger partial charge on any atom is -0.379 e. The quantitative estimate of drug-likeness (QED) is 0.0527. The smallest absolute Gasteiger partial charge is 0.315 e. The SMILES string of the molecule is CC[C@H](C)[C@@H]([C@@H](CC(=O)N1CCC[C@H]1[C@H](OC)[C@@H](C)C(=O)N[C@@H](Cc1ccccc1)C(=O)Nc1ccc(CNC(=O)NCCCCCCN2C(=O)C=CC2=O)cc1)OC)N(C)C(=O)[C@@H](NC(=O)[C@@H]1[C@H]2CC[C@H](C2)N1C)C(C)C. The normalized spacial score (nSPS) is 21.7. The van der Waals surface area contributed by atoms with Crippen molar-refractivity contribution in [3.8, 4) is 0 Å². The number of ether oxygens (including phenoxy) is 2. The van der Waals surface area contributed by atoms with Gasteiger partial charge < -0.3 is 45.9 Å². The Bertz CT molecular complexity index is 2380. The lowest BCUT2D eigenvalue weighted by atomic mass is 9.89. The zero-order valence-electron chi connectivity index (χ0n) is 47.5. The first kappa shape index (κ1) is 61.0. The number of nitrogens with one attached hydrogen (secondary N) is 5. The van der Waals surface area contributed by atoms with E-state index in [1.165, 1.54) is 24.2 Å². The van der Waals surface area contributed by atoms with Gasteiger partial charge in [0.05, 0.1) is 42.7 Å². The van der Waals surface area contributed by atoms with Crippen LogP contribution in [0, 0.1) is 23.7 Å². The molecule has 3 aliphatic heterocycles. The molecule has 3 fully saturated rings. The summed E-state index contributed by atoms with van der Waals surface area (Å²) in [5, 5.41) is 14.8. The van der Waals surface area contributed by atoms with Crippen molar-refractivity contribution >= 4 is 53.1 Å². The molecule has 4 aliphatic rings. The fourth-order valence-corrected chi connectivity index (χ4v) is 12.0. The third-order valence-corrected chi connectivity index (χ3v) is 16.7. The van der Waals surface area contributed by atoms with E-state index in [0.29, 0.717) is 57.0 Å². The van der Waals surface area contributed by atoms with Crippen LogP contribution in [-0.2, 0) is 56.0 Å². The number of urea groups is 1. The predicted molar refractivity (Wildman–Crippen MR) is 297 cm³/mol. The van der Waals surface area contributed by atoms with E-state index in [1.807, 2.05) is 65.1 Å². The number of hydrogen-bond acceptors (Lipinski definition) is 11. The van der Waals surface area contributed by atoms with Gasteiger partial charge in [0.2, 0.25) is 29.5 Å². The maximum absolute atomic E-state index is 14.6. The summed E-state index contributed by atoms with van der Waals surface area (Å²) >= 11 is 0. The van der Waals surface area contributed by atoms with Gasteiger partial charge in [-0.2, -0.15) is 0 Å². The number of fused-ring (bicyclic) bond motifs is 2. The first-order valence-corrected chi connectivity index (χ1v) is 28.3. The monoisotopic (exact) mass is 1080 g/mol. The van der Waals surface area contributed by atoms with Gasteiger partial charge in [-0.15, -0.1) is 0 Å². The van der Waals surface area contributed by atoms with Crippen molar-refractivity contribution in [1.82, 2.24) is 40.9 Å². The lowest BCUT2D eigenvalue weighted by molar-refractivity contribution is -0.148. The highest BCUT2D eigenvalue weighted by molar-refractivity contribution is 6.12. The Labute approximate surface area is 461 Å². The number of methoxy groups -OCH3 is 2. The van der Waals surface area contributed by atoms with Gasteiger partial charge in [0.15, 0.2) is 0 Å². The van der Waals surface area contributed by atoms with Gasteiger partial charge in [0.1, 0.15) is 12.1 Å². The van der Waals surface area contributed by atoms with Crippen LogP contribution in [0.25, 0.3) is 0 Å². The van der Waals surface area contributed by atoms with Crippen LogP contribution in [0.2, 0.25) is 0 Å². The summed E-state index contributed by atoms with van der Waals surface area (Å²) in [5.74, 6) is -2.64. The van der Waals surface area contributed by atoms with Crippen LogP contribution in [0.15, 0.2) is 66.7 Å². The molecule has 11 atom stereocenters. The molecule has 2 saturated heterocycles. The number of carbonyl (C=O) groups excluding carboxylic acids is 8. The average molecular weight is 1080 g/mol. The third kappa shape index (κ3) is 15.8. The van der Waals surface area contributed by atoms with Gasteiger partial charge in [-0.1, -0.05) is 96.3 Å². The highest BCUT2D eigenvalue weighted by atomic mass is 16.5. The maximum Gasteiger partial charge on any atom is 0.315 e. The van der Waals surface area contributed by atoms with Crippen LogP contribution in [0.3, 0.4) is 0 Å². The summed E-state index contributed by atoms with van der Waals surface area (Å²) in [6, 6.07) is 13.6. The molecule has 3 heterocycles. The second-order valence-corrected chi connectivity index (χ2v) is 22.3. The number of benzene rings is 2. The Morgan fingerprint density at radius 2 is 1.49 bits per heavy atom. The molecule has 428 valence electrons. The Kier molecular flexibility index (Phi) is 22.8. The van der Waals surface area contributed by atoms with Crippen molar-refractivity contribution in [3.63, 3.8) is 0 Å². The number of piperidine rings is 1. The summed E-state index contributed by atoms with van der Waals surface area (Å²) in [5.41, 5.74) is 2.16. The Morgan fingerprint density at radius 3 is 2.12 bits per heavy atom. The second-order valence-electron chi connectivity index (χ2n) is 22.3. The van der Waals surface area contributed by atoms with Gasteiger partial charge in [-0.05, 0) is 93.0 Å². The fraction of sp³-hybridized carbons (Fsp3) is 0.627. The molecule has 0 unspecified atom stereocenters. The first-order valence-electron chi connectivity index (χ1n) is 28.3. The topological polar surface area (TPSA) is 228 Å². The van der Waals surface area contributed by atoms with Crippen molar-refractivity contribution in [2.24, 2.45) is 23.7 Å². The molecule has 9 amide bonds. The van der Waals surface area contributed by atoms with Crippen molar-refractivity contribution in [2.45, 2.75) is 167 Å². The van der Waals surface area contributed by atoms with Gasteiger partial charge in [-0.3, -0.25) is 43.4 Å². The lowest BCUT2D eigenvalue weighted by Gasteiger charge is -2.41. The number of likely N-dealkylation sites (tertiary alicyclic amines) is 2. The molecule has 1 saturated carbocycles. The lowest BCUT2D eigenvalue weighted by Crippen LogP contribution is -2.60. The van der Waals surface area contributed by atoms with E-state index in [-0.39, 0.29) is 78.7 Å². The molecule has 0 spiro atoms. The fourth-order valence-electron chi connectivity index (χ4n) is 12.0. The van der Waals surface area contributed by atoms with Crippen molar-refractivity contribution in [1.29, 1.82) is 0 Å². The van der Waals surface area contributed by atoms with Crippen LogP contribution in [-0.4, -0.2) is 163 Å². The summed E-state index contributed by atoms with van der Waals surface area (Å²) < 4.78 is 12.2. The van der Waals surface area contributed by atoms with E-state index in [2.05, 4.69) is 31.5 Å². The zero-order valence-corrected chi connectivity index (χ0v) is 47.5. The molecule has 78 heavy (non-hydrogen) atoms. The van der Waals surface area contributed by atoms with E-state index in [4.69, 9.17) is 9.47 Å². The van der Waals surface area contributed by atoms with Crippen LogP contribution in [0.5, 0.6) is 0 Å². The number of imide groups is 1. The number of unbranched alkanes of at least 4 members (excludes halogenated alkanes) is 3. The minimum atomic E-state index is -0.968. The van der Waals surface area contributed by atoms with E-state index >= 15 is 0 Å². The van der Waals surface area contributed by atoms with Crippen LogP contribution < -0.4 is 26.6 Å². The molecule has 2 bridgehead atoms. The largest absolute Gasteiger partial charge is 0.379 e. The minimum absolute atomic E-state index is 0.0191. The molecular weight excluding hydrogens is 995 g/mol. The number of anilines is 1. The molecule has 5 N–H and O–H groups in total. The average Bonchev–Trinajstić information content (AvgIpc) is 4.25.